The molecule has 0 bridgehead atoms. The second kappa shape index (κ2) is 8.54. The average Bonchev–Trinajstić information content (AvgIpc) is 2.87. The number of rotatable bonds is 5. The second-order valence-corrected chi connectivity index (χ2v) is 8.73. The fraction of sp³-hybridized carbons (Fsp3) is 0.200. The van der Waals surface area contributed by atoms with Crippen molar-refractivity contribution >= 4 is 62.9 Å². The van der Waals surface area contributed by atoms with Gasteiger partial charge in [-0.3, -0.25) is 9.69 Å². The van der Waals surface area contributed by atoms with E-state index in [1.54, 1.807) is 4.90 Å². The zero-order valence-electron chi connectivity index (χ0n) is 14.5. The summed E-state index contributed by atoms with van der Waals surface area (Å²) in [6.07, 6.45) is 1.89. The quantitative estimate of drug-likeness (QED) is 0.316. The van der Waals surface area contributed by atoms with Crippen LogP contribution in [0.3, 0.4) is 0 Å². The minimum Gasteiger partial charge on any atom is -0.488 e. The molecule has 134 valence electrons. The van der Waals surface area contributed by atoms with Crippen LogP contribution in [0.1, 0.15) is 23.6 Å². The molecular formula is C20H18INO2S2. The monoisotopic (exact) mass is 495 g/mol. The van der Waals surface area contributed by atoms with Crippen LogP contribution in [0.25, 0.3) is 6.08 Å². The molecule has 1 fully saturated rings. The largest absolute Gasteiger partial charge is 0.488 e. The van der Waals surface area contributed by atoms with E-state index in [0.717, 1.165) is 20.4 Å². The van der Waals surface area contributed by atoms with Gasteiger partial charge in [-0.25, -0.2) is 0 Å². The highest BCUT2D eigenvalue weighted by atomic mass is 127. The Hall–Kier alpha value is -1.38. The zero-order chi connectivity index (χ0) is 18.7. The molecule has 0 atom stereocenters. The van der Waals surface area contributed by atoms with Gasteiger partial charge in [0.25, 0.3) is 5.91 Å². The third-order valence-electron chi connectivity index (χ3n) is 3.92. The van der Waals surface area contributed by atoms with Crippen molar-refractivity contribution in [3.63, 3.8) is 0 Å². The van der Waals surface area contributed by atoms with Crippen LogP contribution in [0.15, 0.2) is 47.4 Å². The molecule has 3 rings (SSSR count). The summed E-state index contributed by atoms with van der Waals surface area (Å²) in [6.45, 7) is 5.14. The van der Waals surface area contributed by atoms with Crippen molar-refractivity contribution in [1.29, 1.82) is 0 Å². The van der Waals surface area contributed by atoms with Crippen molar-refractivity contribution in [2.45, 2.75) is 20.5 Å². The lowest BCUT2D eigenvalue weighted by Crippen LogP contribution is -2.27. The van der Waals surface area contributed by atoms with E-state index in [1.807, 2.05) is 37.3 Å². The molecule has 0 saturated carbocycles. The van der Waals surface area contributed by atoms with Gasteiger partial charge in [0, 0.05) is 6.54 Å². The maximum Gasteiger partial charge on any atom is 0.266 e. The summed E-state index contributed by atoms with van der Waals surface area (Å²) in [5.41, 5.74) is 3.34. The third kappa shape index (κ3) is 4.47. The molecule has 0 aromatic heterocycles. The lowest BCUT2D eigenvalue weighted by atomic mass is 10.1. The van der Waals surface area contributed by atoms with Crippen LogP contribution >= 0.6 is 46.6 Å². The third-order valence-corrected chi connectivity index (χ3v) is 6.14. The standard InChI is InChI=1S/C20H18INO2S2/c1-3-22-19(23)18(26-20(22)25)11-14-7-8-17(16(21)10-14)24-12-15-6-4-5-13(2)9-15/h4-11H,3,12H2,1-2H3/b18-11-. The Bertz CT molecular complexity index is 895. The first-order chi connectivity index (χ1) is 12.5. The lowest BCUT2D eigenvalue weighted by Gasteiger charge is -2.10. The molecule has 6 heteroatoms. The van der Waals surface area contributed by atoms with Crippen LogP contribution in [0.5, 0.6) is 5.75 Å². The predicted molar refractivity (Wildman–Crippen MR) is 120 cm³/mol. The zero-order valence-corrected chi connectivity index (χ0v) is 18.3. The van der Waals surface area contributed by atoms with Crippen molar-refractivity contribution in [2.75, 3.05) is 6.54 Å². The fourth-order valence-electron chi connectivity index (χ4n) is 2.61. The normalized spacial score (nSPS) is 15.8. The Labute approximate surface area is 176 Å². The van der Waals surface area contributed by atoms with E-state index in [1.165, 1.54) is 17.3 Å². The van der Waals surface area contributed by atoms with Crippen molar-refractivity contribution < 1.29 is 9.53 Å². The van der Waals surface area contributed by atoms with Crippen molar-refractivity contribution in [3.8, 4) is 5.75 Å². The topological polar surface area (TPSA) is 29.5 Å². The minimum absolute atomic E-state index is 0.0164. The molecule has 1 amide bonds. The summed E-state index contributed by atoms with van der Waals surface area (Å²) in [5, 5.41) is 0. The molecule has 0 aliphatic carbocycles. The molecule has 26 heavy (non-hydrogen) atoms. The van der Waals surface area contributed by atoms with Crippen molar-refractivity contribution in [2.24, 2.45) is 0 Å². The number of aryl methyl sites for hydroxylation is 1. The Balaban J connectivity index is 1.73. The van der Waals surface area contributed by atoms with E-state index in [-0.39, 0.29) is 5.91 Å². The average molecular weight is 495 g/mol. The molecule has 2 aromatic rings. The molecule has 1 heterocycles. The van der Waals surface area contributed by atoms with Gasteiger partial charge >= 0.3 is 0 Å². The highest BCUT2D eigenvalue weighted by Crippen LogP contribution is 2.33. The predicted octanol–water partition coefficient (Wildman–Crippen LogP) is 5.40. The number of carbonyl (C=O) groups excluding carboxylic acids is 1. The van der Waals surface area contributed by atoms with Gasteiger partial charge in [0.2, 0.25) is 0 Å². The molecule has 0 N–H and O–H groups in total. The maximum atomic E-state index is 12.3. The van der Waals surface area contributed by atoms with Crippen molar-refractivity contribution in [1.82, 2.24) is 4.90 Å². The van der Waals surface area contributed by atoms with Crippen LogP contribution in [-0.2, 0) is 11.4 Å². The van der Waals surface area contributed by atoms with E-state index >= 15 is 0 Å². The summed E-state index contributed by atoms with van der Waals surface area (Å²) < 4.78 is 7.58. The van der Waals surface area contributed by atoms with Crippen LogP contribution < -0.4 is 4.74 Å². The number of likely N-dealkylation sites (N-methyl/N-ethyl adjacent to an activating group) is 1. The Morgan fingerprint density at radius 1 is 1.27 bits per heavy atom. The molecular weight excluding hydrogens is 477 g/mol. The number of hydrogen-bond acceptors (Lipinski definition) is 4. The van der Waals surface area contributed by atoms with Crippen LogP contribution in [0, 0.1) is 10.5 Å². The molecule has 0 spiro atoms. The number of carbonyl (C=O) groups is 1. The molecule has 1 aliphatic heterocycles. The second-order valence-electron chi connectivity index (χ2n) is 5.89. The Kier molecular flexibility index (Phi) is 6.37. The van der Waals surface area contributed by atoms with Gasteiger partial charge in [-0.05, 0) is 65.8 Å². The van der Waals surface area contributed by atoms with Gasteiger partial charge in [-0.2, -0.15) is 0 Å². The van der Waals surface area contributed by atoms with Gasteiger partial charge < -0.3 is 4.74 Å². The van der Waals surface area contributed by atoms with E-state index < -0.39 is 0 Å². The highest BCUT2D eigenvalue weighted by Gasteiger charge is 2.30. The summed E-state index contributed by atoms with van der Waals surface area (Å²) >= 11 is 8.87. The Morgan fingerprint density at radius 3 is 2.73 bits per heavy atom. The van der Waals surface area contributed by atoms with Crippen LogP contribution in [-0.4, -0.2) is 21.7 Å². The highest BCUT2D eigenvalue weighted by molar-refractivity contribution is 14.1. The number of ether oxygens (including phenoxy) is 1. The number of benzene rings is 2. The Morgan fingerprint density at radius 2 is 2.08 bits per heavy atom. The van der Waals surface area contributed by atoms with E-state index in [9.17, 15) is 4.79 Å². The van der Waals surface area contributed by atoms with Crippen molar-refractivity contribution in [3.05, 3.63) is 67.6 Å². The van der Waals surface area contributed by atoms with E-state index in [4.69, 9.17) is 17.0 Å². The van der Waals surface area contributed by atoms with Crippen LogP contribution in [0.2, 0.25) is 0 Å². The number of thioether (sulfide) groups is 1. The van der Waals surface area contributed by atoms with Gasteiger partial charge in [-0.1, -0.05) is 59.9 Å². The van der Waals surface area contributed by atoms with E-state index in [0.29, 0.717) is 22.4 Å². The molecule has 2 aromatic carbocycles. The first-order valence-electron chi connectivity index (χ1n) is 8.21. The summed E-state index contributed by atoms with van der Waals surface area (Å²) in [4.78, 5) is 14.6. The number of thiocarbonyl (C=S) groups is 1. The first kappa shape index (κ1) is 19.4. The van der Waals surface area contributed by atoms with Crippen LogP contribution in [0.4, 0.5) is 0 Å². The smallest absolute Gasteiger partial charge is 0.266 e. The maximum absolute atomic E-state index is 12.3. The molecule has 1 saturated heterocycles. The number of halogens is 1. The SMILES string of the molecule is CCN1C(=O)/C(=C/c2ccc(OCc3cccc(C)c3)c(I)c2)SC1=S. The minimum atomic E-state index is -0.0164. The van der Waals surface area contributed by atoms with Gasteiger partial charge in [-0.15, -0.1) is 0 Å². The summed E-state index contributed by atoms with van der Waals surface area (Å²) in [5.74, 6) is 0.822. The van der Waals surface area contributed by atoms with Gasteiger partial charge in [0.05, 0.1) is 8.48 Å². The lowest BCUT2D eigenvalue weighted by molar-refractivity contribution is -0.121. The molecule has 1 aliphatic rings. The number of nitrogens with zero attached hydrogens (tertiary/aromatic N) is 1. The van der Waals surface area contributed by atoms with Gasteiger partial charge in [0.1, 0.15) is 16.7 Å². The first-order valence-corrected chi connectivity index (χ1v) is 10.5. The molecule has 0 radical (unpaired) electrons. The van der Waals surface area contributed by atoms with Gasteiger partial charge in [0.15, 0.2) is 0 Å². The summed E-state index contributed by atoms with van der Waals surface area (Å²) in [7, 11) is 0. The van der Waals surface area contributed by atoms with E-state index in [2.05, 4.69) is 47.7 Å². The number of amides is 1. The molecule has 0 unspecified atom stereocenters. The summed E-state index contributed by atoms with van der Waals surface area (Å²) in [6, 6.07) is 14.2. The fourth-order valence-corrected chi connectivity index (χ4v) is 4.69. The molecule has 3 nitrogen and oxygen atoms in total. The number of hydrogen-bond donors (Lipinski definition) is 0.